The van der Waals surface area contributed by atoms with Crippen molar-refractivity contribution in [3.63, 3.8) is 0 Å². The molecule has 0 aliphatic carbocycles. The van der Waals surface area contributed by atoms with Crippen LogP contribution >= 0.6 is 0 Å². The molecule has 0 aliphatic heterocycles. The van der Waals surface area contributed by atoms with Gasteiger partial charge in [0.25, 0.3) is 0 Å². The molecule has 0 saturated heterocycles. The summed E-state index contributed by atoms with van der Waals surface area (Å²) in [5.74, 6) is 0.740. The van der Waals surface area contributed by atoms with Gasteiger partial charge in [-0.1, -0.05) is 36.4 Å². The van der Waals surface area contributed by atoms with Crippen molar-refractivity contribution in [2.24, 2.45) is 0 Å². The summed E-state index contributed by atoms with van der Waals surface area (Å²) in [4.78, 5) is 0. The van der Waals surface area contributed by atoms with Gasteiger partial charge in [-0.3, -0.25) is 0 Å². The standard InChI is InChI=1S/C16H18O3/c1-18-11-12-5-3-6-13(9-12)16(17)14-7-4-8-15(10-14)19-2/h3-10,16-17H,11H2,1-2H3. The SMILES string of the molecule is COCc1cccc(C(O)c2cccc(OC)c2)c1. The Labute approximate surface area is 113 Å². The van der Waals surface area contributed by atoms with Gasteiger partial charge in [-0.2, -0.15) is 0 Å². The summed E-state index contributed by atoms with van der Waals surface area (Å²) in [6.07, 6.45) is -0.660. The van der Waals surface area contributed by atoms with Crippen molar-refractivity contribution in [2.45, 2.75) is 12.7 Å². The molecule has 2 rings (SSSR count). The second-order valence-electron chi connectivity index (χ2n) is 4.36. The normalized spacial score (nSPS) is 12.2. The average Bonchev–Trinajstić information content (AvgIpc) is 2.47. The summed E-state index contributed by atoms with van der Waals surface area (Å²) in [5.41, 5.74) is 2.71. The van der Waals surface area contributed by atoms with Gasteiger partial charge < -0.3 is 14.6 Å². The summed E-state index contributed by atoms with van der Waals surface area (Å²) in [5, 5.41) is 10.4. The quantitative estimate of drug-likeness (QED) is 0.896. The molecule has 1 unspecified atom stereocenters. The maximum Gasteiger partial charge on any atom is 0.119 e. The molecule has 2 aromatic carbocycles. The molecule has 0 aromatic heterocycles. The van der Waals surface area contributed by atoms with E-state index in [-0.39, 0.29) is 0 Å². The molecule has 1 N–H and O–H groups in total. The summed E-state index contributed by atoms with van der Waals surface area (Å²) < 4.78 is 10.3. The molecular formula is C16H18O3. The van der Waals surface area contributed by atoms with E-state index in [4.69, 9.17) is 9.47 Å². The van der Waals surface area contributed by atoms with Gasteiger partial charge in [-0.15, -0.1) is 0 Å². The van der Waals surface area contributed by atoms with Crippen LogP contribution in [0.4, 0.5) is 0 Å². The molecule has 0 saturated carbocycles. The second kappa shape index (κ2) is 6.36. The number of rotatable bonds is 5. The average molecular weight is 258 g/mol. The first kappa shape index (κ1) is 13.6. The van der Waals surface area contributed by atoms with Crippen molar-refractivity contribution in [1.82, 2.24) is 0 Å². The van der Waals surface area contributed by atoms with Crippen LogP contribution in [-0.2, 0) is 11.3 Å². The molecular weight excluding hydrogens is 240 g/mol. The molecule has 19 heavy (non-hydrogen) atoms. The number of methoxy groups -OCH3 is 2. The number of aliphatic hydroxyl groups excluding tert-OH is 1. The predicted molar refractivity (Wildman–Crippen MR) is 74.2 cm³/mol. The topological polar surface area (TPSA) is 38.7 Å². The van der Waals surface area contributed by atoms with E-state index in [1.54, 1.807) is 14.2 Å². The van der Waals surface area contributed by atoms with Gasteiger partial charge in [0, 0.05) is 7.11 Å². The summed E-state index contributed by atoms with van der Waals surface area (Å²) >= 11 is 0. The minimum Gasteiger partial charge on any atom is -0.497 e. The Morgan fingerprint density at radius 3 is 2.37 bits per heavy atom. The van der Waals surface area contributed by atoms with Crippen LogP contribution in [0.3, 0.4) is 0 Å². The number of benzene rings is 2. The highest BCUT2D eigenvalue weighted by Gasteiger charge is 2.11. The Morgan fingerprint density at radius 2 is 1.68 bits per heavy atom. The first-order chi connectivity index (χ1) is 9.24. The van der Waals surface area contributed by atoms with E-state index in [2.05, 4.69) is 0 Å². The van der Waals surface area contributed by atoms with Crippen molar-refractivity contribution in [3.05, 3.63) is 65.2 Å². The van der Waals surface area contributed by atoms with Crippen molar-refractivity contribution in [2.75, 3.05) is 14.2 Å². The molecule has 0 fully saturated rings. The number of ether oxygens (including phenoxy) is 2. The van der Waals surface area contributed by atoms with Gasteiger partial charge in [0.1, 0.15) is 11.9 Å². The Balaban J connectivity index is 2.27. The third kappa shape index (κ3) is 3.34. The smallest absolute Gasteiger partial charge is 0.119 e. The Kier molecular flexibility index (Phi) is 4.55. The molecule has 0 spiro atoms. The predicted octanol–water partition coefficient (Wildman–Crippen LogP) is 2.92. The van der Waals surface area contributed by atoms with Crippen LogP contribution in [0.2, 0.25) is 0 Å². The van der Waals surface area contributed by atoms with Crippen LogP contribution in [-0.4, -0.2) is 19.3 Å². The highest BCUT2D eigenvalue weighted by Crippen LogP contribution is 2.25. The van der Waals surface area contributed by atoms with E-state index in [9.17, 15) is 5.11 Å². The van der Waals surface area contributed by atoms with Crippen molar-refractivity contribution >= 4 is 0 Å². The van der Waals surface area contributed by atoms with Crippen molar-refractivity contribution in [1.29, 1.82) is 0 Å². The maximum atomic E-state index is 10.4. The third-order valence-electron chi connectivity index (χ3n) is 2.99. The molecule has 0 radical (unpaired) electrons. The van der Waals surface area contributed by atoms with Gasteiger partial charge in [0.05, 0.1) is 13.7 Å². The lowest BCUT2D eigenvalue weighted by Crippen LogP contribution is -2.01. The highest BCUT2D eigenvalue weighted by atomic mass is 16.5. The minimum absolute atomic E-state index is 0.540. The Hall–Kier alpha value is -1.84. The van der Waals surface area contributed by atoms with E-state index < -0.39 is 6.10 Å². The van der Waals surface area contributed by atoms with Crippen LogP contribution in [0.15, 0.2) is 48.5 Å². The Morgan fingerprint density at radius 1 is 1.00 bits per heavy atom. The van der Waals surface area contributed by atoms with Crippen LogP contribution in [0, 0.1) is 0 Å². The summed E-state index contributed by atoms with van der Waals surface area (Å²) in [6.45, 7) is 0.540. The van der Waals surface area contributed by atoms with Crippen molar-refractivity contribution < 1.29 is 14.6 Å². The van der Waals surface area contributed by atoms with Crippen LogP contribution < -0.4 is 4.74 Å². The highest BCUT2D eigenvalue weighted by molar-refractivity contribution is 5.36. The summed E-state index contributed by atoms with van der Waals surface area (Å²) in [7, 11) is 3.27. The lowest BCUT2D eigenvalue weighted by Gasteiger charge is -2.13. The lowest BCUT2D eigenvalue weighted by molar-refractivity contribution is 0.184. The fourth-order valence-electron chi connectivity index (χ4n) is 2.02. The number of hydrogen-bond donors (Lipinski definition) is 1. The molecule has 3 heteroatoms. The zero-order valence-electron chi connectivity index (χ0n) is 11.2. The van der Waals surface area contributed by atoms with E-state index in [0.29, 0.717) is 6.61 Å². The van der Waals surface area contributed by atoms with Gasteiger partial charge in [0.15, 0.2) is 0 Å². The van der Waals surface area contributed by atoms with E-state index in [1.165, 1.54) is 0 Å². The minimum atomic E-state index is -0.660. The largest absolute Gasteiger partial charge is 0.497 e. The van der Waals surface area contributed by atoms with Crippen molar-refractivity contribution in [3.8, 4) is 5.75 Å². The van der Waals surface area contributed by atoms with Gasteiger partial charge in [-0.25, -0.2) is 0 Å². The zero-order valence-corrected chi connectivity index (χ0v) is 11.2. The zero-order chi connectivity index (χ0) is 13.7. The number of hydrogen-bond acceptors (Lipinski definition) is 3. The second-order valence-corrected chi connectivity index (χ2v) is 4.36. The molecule has 0 aliphatic rings. The first-order valence-corrected chi connectivity index (χ1v) is 6.14. The first-order valence-electron chi connectivity index (χ1n) is 6.14. The van der Waals surface area contributed by atoms with Gasteiger partial charge in [-0.05, 0) is 28.8 Å². The van der Waals surface area contributed by atoms with Crippen LogP contribution in [0.25, 0.3) is 0 Å². The van der Waals surface area contributed by atoms with Gasteiger partial charge >= 0.3 is 0 Å². The van der Waals surface area contributed by atoms with Crippen LogP contribution in [0.5, 0.6) is 5.75 Å². The van der Waals surface area contributed by atoms with Gasteiger partial charge in [0.2, 0.25) is 0 Å². The van der Waals surface area contributed by atoms with E-state index in [1.807, 2.05) is 48.5 Å². The molecule has 0 amide bonds. The molecule has 3 nitrogen and oxygen atoms in total. The Bertz CT molecular complexity index is 537. The monoisotopic (exact) mass is 258 g/mol. The lowest BCUT2D eigenvalue weighted by atomic mass is 10.00. The molecule has 0 bridgehead atoms. The molecule has 0 heterocycles. The molecule has 2 aromatic rings. The molecule has 100 valence electrons. The fraction of sp³-hybridized carbons (Fsp3) is 0.250. The third-order valence-corrected chi connectivity index (χ3v) is 2.99. The fourth-order valence-corrected chi connectivity index (χ4v) is 2.02. The number of aliphatic hydroxyl groups is 1. The van der Waals surface area contributed by atoms with E-state index in [0.717, 1.165) is 22.4 Å². The molecule has 1 atom stereocenters. The maximum absolute atomic E-state index is 10.4. The van der Waals surface area contributed by atoms with E-state index >= 15 is 0 Å². The summed E-state index contributed by atoms with van der Waals surface area (Å²) in [6, 6.07) is 15.2. The van der Waals surface area contributed by atoms with Crippen LogP contribution in [0.1, 0.15) is 22.8 Å².